The lowest BCUT2D eigenvalue weighted by Crippen LogP contribution is -2.25. The molecule has 1 aromatic carbocycles. The molecule has 0 heterocycles. The Labute approximate surface area is 109 Å². The maximum Gasteiger partial charge on any atom is 0.223 e. The SMILES string of the molecule is C[C@@H]1C[C@H]1C(=O)NCc1ccccc1CN(C)C. The molecular weight excluding hydrogens is 224 g/mol. The van der Waals surface area contributed by atoms with Gasteiger partial charge in [-0.05, 0) is 37.6 Å². The molecule has 0 bridgehead atoms. The maximum atomic E-state index is 11.8. The quantitative estimate of drug-likeness (QED) is 0.862. The second kappa shape index (κ2) is 5.53. The minimum Gasteiger partial charge on any atom is -0.352 e. The van der Waals surface area contributed by atoms with Crippen molar-refractivity contribution in [2.45, 2.75) is 26.4 Å². The predicted molar refractivity (Wildman–Crippen MR) is 73.0 cm³/mol. The molecule has 0 aliphatic heterocycles. The van der Waals surface area contributed by atoms with Gasteiger partial charge in [0.2, 0.25) is 5.91 Å². The molecule has 2 atom stereocenters. The Kier molecular flexibility index (Phi) is 4.02. The molecule has 0 aromatic heterocycles. The number of nitrogens with zero attached hydrogens (tertiary/aromatic N) is 1. The van der Waals surface area contributed by atoms with Crippen molar-refractivity contribution in [3.05, 3.63) is 35.4 Å². The average Bonchev–Trinajstić information content (AvgIpc) is 3.04. The van der Waals surface area contributed by atoms with Gasteiger partial charge in [0.25, 0.3) is 0 Å². The number of rotatable bonds is 5. The fourth-order valence-electron chi connectivity index (χ4n) is 2.23. The van der Waals surface area contributed by atoms with Crippen LogP contribution < -0.4 is 5.32 Å². The third kappa shape index (κ3) is 3.33. The van der Waals surface area contributed by atoms with Crippen LogP contribution in [0.3, 0.4) is 0 Å². The zero-order chi connectivity index (χ0) is 13.1. The predicted octanol–water partition coefficient (Wildman–Crippen LogP) is 2.02. The highest BCUT2D eigenvalue weighted by molar-refractivity contribution is 5.81. The summed E-state index contributed by atoms with van der Waals surface area (Å²) in [5, 5.41) is 3.05. The van der Waals surface area contributed by atoms with E-state index in [0.717, 1.165) is 13.0 Å². The first-order chi connectivity index (χ1) is 8.58. The lowest BCUT2D eigenvalue weighted by molar-refractivity contribution is -0.122. The van der Waals surface area contributed by atoms with Crippen molar-refractivity contribution in [1.29, 1.82) is 0 Å². The van der Waals surface area contributed by atoms with Crippen molar-refractivity contribution in [2.24, 2.45) is 11.8 Å². The Morgan fingerprint density at radius 2 is 1.94 bits per heavy atom. The zero-order valence-corrected chi connectivity index (χ0v) is 11.4. The van der Waals surface area contributed by atoms with E-state index in [2.05, 4.69) is 43.4 Å². The summed E-state index contributed by atoms with van der Waals surface area (Å²) in [5.41, 5.74) is 2.50. The number of carbonyl (C=O) groups excluding carboxylic acids is 1. The van der Waals surface area contributed by atoms with Crippen LogP contribution in [-0.4, -0.2) is 24.9 Å². The lowest BCUT2D eigenvalue weighted by atomic mass is 10.1. The van der Waals surface area contributed by atoms with Crippen LogP contribution >= 0.6 is 0 Å². The van der Waals surface area contributed by atoms with E-state index in [4.69, 9.17) is 0 Å². The van der Waals surface area contributed by atoms with Gasteiger partial charge in [0.05, 0.1) is 0 Å². The highest BCUT2D eigenvalue weighted by Gasteiger charge is 2.38. The molecule has 1 aliphatic rings. The van der Waals surface area contributed by atoms with E-state index < -0.39 is 0 Å². The fourth-order valence-corrected chi connectivity index (χ4v) is 2.23. The van der Waals surface area contributed by atoms with Gasteiger partial charge in [0, 0.05) is 19.0 Å². The first kappa shape index (κ1) is 13.1. The summed E-state index contributed by atoms with van der Waals surface area (Å²) in [7, 11) is 4.11. The Morgan fingerprint density at radius 1 is 1.33 bits per heavy atom. The zero-order valence-electron chi connectivity index (χ0n) is 11.4. The van der Waals surface area contributed by atoms with Crippen molar-refractivity contribution in [2.75, 3.05) is 14.1 Å². The number of hydrogen-bond donors (Lipinski definition) is 1. The molecule has 3 heteroatoms. The maximum absolute atomic E-state index is 11.8. The first-order valence-corrected chi connectivity index (χ1v) is 6.57. The van der Waals surface area contributed by atoms with Gasteiger partial charge >= 0.3 is 0 Å². The van der Waals surface area contributed by atoms with E-state index in [1.807, 2.05) is 12.1 Å². The molecule has 0 unspecified atom stereocenters. The number of carbonyl (C=O) groups is 1. The third-order valence-corrected chi connectivity index (χ3v) is 3.50. The van der Waals surface area contributed by atoms with Gasteiger partial charge in [-0.1, -0.05) is 31.2 Å². The molecule has 1 amide bonds. The summed E-state index contributed by atoms with van der Waals surface area (Å²) >= 11 is 0. The van der Waals surface area contributed by atoms with Gasteiger partial charge in [-0.15, -0.1) is 0 Å². The van der Waals surface area contributed by atoms with Gasteiger partial charge in [-0.3, -0.25) is 4.79 Å². The van der Waals surface area contributed by atoms with Gasteiger partial charge in [-0.25, -0.2) is 0 Å². The molecule has 98 valence electrons. The highest BCUT2D eigenvalue weighted by atomic mass is 16.2. The van der Waals surface area contributed by atoms with Gasteiger partial charge < -0.3 is 10.2 Å². The van der Waals surface area contributed by atoms with Crippen LogP contribution in [0, 0.1) is 11.8 Å². The summed E-state index contributed by atoms with van der Waals surface area (Å²) in [6.45, 7) is 3.68. The molecule has 1 saturated carbocycles. The molecule has 1 fully saturated rings. The molecule has 0 spiro atoms. The van der Waals surface area contributed by atoms with Gasteiger partial charge in [0.15, 0.2) is 0 Å². The number of nitrogens with one attached hydrogen (secondary N) is 1. The van der Waals surface area contributed by atoms with E-state index >= 15 is 0 Å². The van der Waals surface area contributed by atoms with Crippen LogP contribution in [0.1, 0.15) is 24.5 Å². The molecule has 0 radical (unpaired) electrons. The fraction of sp³-hybridized carbons (Fsp3) is 0.533. The number of hydrogen-bond acceptors (Lipinski definition) is 2. The van der Waals surface area contributed by atoms with E-state index in [1.54, 1.807) is 0 Å². The van der Waals surface area contributed by atoms with Crippen LogP contribution in [0.2, 0.25) is 0 Å². The summed E-state index contributed by atoms with van der Waals surface area (Å²) in [5.74, 6) is 1.04. The van der Waals surface area contributed by atoms with Gasteiger partial charge in [0.1, 0.15) is 0 Å². The number of benzene rings is 1. The third-order valence-electron chi connectivity index (χ3n) is 3.50. The first-order valence-electron chi connectivity index (χ1n) is 6.57. The summed E-state index contributed by atoms with van der Waals surface area (Å²) in [6.07, 6.45) is 1.05. The average molecular weight is 246 g/mol. The smallest absolute Gasteiger partial charge is 0.223 e. The van der Waals surface area contributed by atoms with Crippen molar-refractivity contribution in [3.8, 4) is 0 Å². The molecule has 0 saturated heterocycles. The minimum absolute atomic E-state index is 0.210. The molecule has 1 aliphatic carbocycles. The van der Waals surface area contributed by atoms with Crippen LogP contribution in [0.5, 0.6) is 0 Å². The van der Waals surface area contributed by atoms with E-state index in [9.17, 15) is 4.79 Å². The molecule has 3 nitrogen and oxygen atoms in total. The Morgan fingerprint density at radius 3 is 2.50 bits per heavy atom. The topological polar surface area (TPSA) is 32.3 Å². The Balaban J connectivity index is 1.94. The lowest BCUT2D eigenvalue weighted by Gasteiger charge is -2.14. The summed E-state index contributed by atoms with van der Waals surface area (Å²) < 4.78 is 0. The van der Waals surface area contributed by atoms with Crippen molar-refractivity contribution < 1.29 is 4.79 Å². The van der Waals surface area contributed by atoms with E-state index in [1.165, 1.54) is 11.1 Å². The monoisotopic (exact) mass is 246 g/mol. The second-order valence-corrected chi connectivity index (χ2v) is 5.54. The van der Waals surface area contributed by atoms with E-state index in [0.29, 0.717) is 12.5 Å². The van der Waals surface area contributed by atoms with Crippen molar-refractivity contribution in [3.63, 3.8) is 0 Å². The molecule has 18 heavy (non-hydrogen) atoms. The van der Waals surface area contributed by atoms with Crippen molar-refractivity contribution in [1.82, 2.24) is 10.2 Å². The normalized spacial score (nSPS) is 22.0. The Hall–Kier alpha value is -1.35. The molecular formula is C15H22N2O. The van der Waals surface area contributed by atoms with Crippen LogP contribution in [-0.2, 0) is 17.9 Å². The van der Waals surface area contributed by atoms with Crippen LogP contribution in [0.25, 0.3) is 0 Å². The van der Waals surface area contributed by atoms with Crippen LogP contribution in [0.4, 0.5) is 0 Å². The second-order valence-electron chi connectivity index (χ2n) is 5.54. The van der Waals surface area contributed by atoms with E-state index in [-0.39, 0.29) is 11.8 Å². The van der Waals surface area contributed by atoms with Crippen molar-refractivity contribution >= 4 is 5.91 Å². The molecule has 2 rings (SSSR count). The Bertz CT molecular complexity index is 428. The van der Waals surface area contributed by atoms with Crippen LogP contribution in [0.15, 0.2) is 24.3 Å². The highest BCUT2D eigenvalue weighted by Crippen LogP contribution is 2.37. The summed E-state index contributed by atoms with van der Waals surface area (Å²) in [4.78, 5) is 13.9. The summed E-state index contributed by atoms with van der Waals surface area (Å²) in [6, 6.07) is 8.30. The molecule has 1 N–H and O–H groups in total. The largest absolute Gasteiger partial charge is 0.352 e. The standard InChI is InChI=1S/C15H22N2O/c1-11-8-14(11)15(18)16-9-12-6-4-5-7-13(12)10-17(2)3/h4-7,11,14H,8-10H2,1-3H3,(H,16,18)/t11-,14-/m1/s1. The molecule has 1 aromatic rings. The van der Waals surface area contributed by atoms with Gasteiger partial charge in [-0.2, -0.15) is 0 Å². The number of amides is 1. The minimum atomic E-state index is 0.210.